The second-order valence-corrected chi connectivity index (χ2v) is 5.88. The zero-order valence-corrected chi connectivity index (χ0v) is 10.9. The molecule has 0 aliphatic carbocycles. The van der Waals surface area contributed by atoms with Gasteiger partial charge >= 0.3 is 0 Å². The number of aliphatic hydroxyl groups is 3. The summed E-state index contributed by atoms with van der Waals surface area (Å²) >= 11 is 0. The van der Waals surface area contributed by atoms with Crippen molar-refractivity contribution in [3.8, 4) is 0 Å². The van der Waals surface area contributed by atoms with Crippen molar-refractivity contribution in [3.05, 3.63) is 0 Å². The highest BCUT2D eigenvalue weighted by Gasteiger charge is 2.37. The van der Waals surface area contributed by atoms with Crippen LogP contribution < -0.4 is 0 Å². The first-order chi connectivity index (χ1) is 7.70. The molecule has 0 unspecified atom stereocenters. The van der Waals surface area contributed by atoms with Gasteiger partial charge in [0.25, 0.3) is 0 Å². The molecule has 17 heavy (non-hydrogen) atoms. The van der Waals surface area contributed by atoms with Crippen LogP contribution in [0.1, 0.15) is 20.3 Å². The molecule has 7 nitrogen and oxygen atoms in total. The Hall–Kier alpha value is -0.250. The predicted octanol–water partition coefficient (Wildman–Crippen LogP) is -1.49. The van der Waals surface area contributed by atoms with Crippen LogP contribution in [0.5, 0.6) is 0 Å². The number of rotatable bonds is 8. The van der Waals surface area contributed by atoms with E-state index in [-0.39, 0.29) is 12.3 Å². The summed E-state index contributed by atoms with van der Waals surface area (Å²) in [5, 5.41) is 27.7. The van der Waals surface area contributed by atoms with Crippen LogP contribution in [0, 0.1) is 5.92 Å². The lowest BCUT2D eigenvalue weighted by Crippen LogP contribution is -2.57. The Labute approximate surface area is 101 Å². The molecule has 0 spiro atoms. The van der Waals surface area contributed by atoms with Crippen LogP contribution in [0.3, 0.4) is 0 Å². The maximum absolute atomic E-state index is 10.7. The fraction of sp³-hybridized carbons (Fsp3) is 1.00. The van der Waals surface area contributed by atoms with Crippen molar-refractivity contribution in [2.75, 3.05) is 25.8 Å². The zero-order chi connectivity index (χ0) is 13.7. The van der Waals surface area contributed by atoms with Gasteiger partial charge in [-0.05, 0) is 12.3 Å². The Balaban J connectivity index is 5.10. The van der Waals surface area contributed by atoms with Gasteiger partial charge in [-0.1, -0.05) is 13.8 Å². The number of nitrogens with zero attached hydrogens (tertiary/aromatic N) is 1. The Bertz CT molecular complexity index is 311. The van der Waals surface area contributed by atoms with Gasteiger partial charge in [-0.25, -0.2) is 8.42 Å². The lowest BCUT2D eigenvalue weighted by Gasteiger charge is -2.41. The molecule has 0 saturated carbocycles. The lowest BCUT2D eigenvalue weighted by molar-refractivity contribution is -0.0568. The van der Waals surface area contributed by atoms with Gasteiger partial charge in [-0.2, -0.15) is 0 Å². The quantitative estimate of drug-likeness (QED) is 0.363. The van der Waals surface area contributed by atoms with E-state index in [9.17, 15) is 23.2 Å². The van der Waals surface area contributed by atoms with Gasteiger partial charge in [0, 0.05) is 0 Å². The third-order valence-corrected chi connectivity index (χ3v) is 3.16. The smallest absolute Gasteiger partial charge is 0.108 e. The number of hydrogen-bond donors (Lipinski definition) is 3. The van der Waals surface area contributed by atoms with Gasteiger partial charge in [0.2, 0.25) is 0 Å². The van der Waals surface area contributed by atoms with Crippen molar-refractivity contribution in [3.63, 3.8) is 0 Å². The summed E-state index contributed by atoms with van der Waals surface area (Å²) in [5.41, 5.74) is -1.31. The molecule has 0 heterocycles. The van der Waals surface area contributed by atoms with Gasteiger partial charge in [0.05, 0.1) is 31.4 Å². The molecule has 0 saturated heterocycles. The molecule has 0 aliphatic rings. The Kier molecular flexibility index (Phi) is 6.52. The molecule has 0 fully saturated rings. The van der Waals surface area contributed by atoms with Crippen LogP contribution in [-0.4, -0.2) is 64.6 Å². The van der Waals surface area contributed by atoms with E-state index < -0.39 is 41.5 Å². The summed E-state index contributed by atoms with van der Waals surface area (Å²) in [6, 6.07) is 0. The van der Waals surface area contributed by atoms with E-state index in [4.69, 9.17) is 5.11 Å². The maximum Gasteiger partial charge on any atom is 0.108 e. The lowest BCUT2D eigenvalue weighted by atomic mass is 9.89. The van der Waals surface area contributed by atoms with Crippen molar-refractivity contribution in [2.24, 2.45) is 5.92 Å². The summed E-state index contributed by atoms with van der Waals surface area (Å²) in [6.07, 6.45) is 0.260. The Morgan fingerprint density at radius 2 is 1.71 bits per heavy atom. The summed E-state index contributed by atoms with van der Waals surface area (Å²) in [5.74, 6) is -0.894. The van der Waals surface area contributed by atoms with Crippen LogP contribution in [0.2, 0.25) is 0 Å². The third kappa shape index (κ3) is 5.28. The van der Waals surface area contributed by atoms with Crippen molar-refractivity contribution >= 4 is 10.1 Å². The first-order valence-electron chi connectivity index (χ1n) is 5.22. The Morgan fingerprint density at radius 1 is 1.24 bits per heavy atom. The average molecular weight is 270 g/mol. The van der Waals surface area contributed by atoms with Crippen LogP contribution >= 0.6 is 0 Å². The molecule has 0 aromatic rings. The topological polar surface area (TPSA) is 121 Å². The number of aliphatic hydroxyl groups excluding tert-OH is 3. The molecule has 0 atom stereocenters. The van der Waals surface area contributed by atoms with E-state index in [0.717, 1.165) is 4.90 Å². The molecule has 0 amide bonds. The second-order valence-electron chi connectivity index (χ2n) is 4.51. The normalized spacial score (nSPS) is 13.6. The van der Waals surface area contributed by atoms with Crippen molar-refractivity contribution in [1.29, 1.82) is 0 Å². The van der Waals surface area contributed by atoms with E-state index in [0.29, 0.717) is 0 Å². The van der Waals surface area contributed by atoms with E-state index >= 15 is 0 Å². The molecule has 8 heteroatoms. The minimum Gasteiger partial charge on any atom is -0.747 e. The summed E-state index contributed by atoms with van der Waals surface area (Å²) in [4.78, 5) is 0.884. The molecule has 0 aliphatic heterocycles. The fourth-order valence-electron chi connectivity index (χ4n) is 1.79. The van der Waals surface area contributed by atoms with E-state index in [2.05, 4.69) is 0 Å². The monoisotopic (exact) mass is 270 g/mol. The van der Waals surface area contributed by atoms with Crippen LogP contribution in [0.4, 0.5) is 0 Å². The summed E-state index contributed by atoms with van der Waals surface area (Å²) < 4.78 is 32.1. The largest absolute Gasteiger partial charge is 0.747 e. The maximum atomic E-state index is 10.7. The summed E-state index contributed by atoms with van der Waals surface area (Å²) in [6.45, 7) is 1.83. The van der Waals surface area contributed by atoms with Crippen molar-refractivity contribution < 1.29 is 28.3 Å². The van der Waals surface area contributed by atoms with Crippen molar-refractivity contribution in [1.82, 2.24) is 4.90 Å². The van der Waals surface area contributed by atoms with E-state index in [1.54, 1.807) is 0 Å². The van der Waals surface area contributed by atoms with Gasteiger partial charge in [0.1, 0.15) is 10.1 Å². The van der Waals surface area contributed by atoms with Crippen molar-refractivity contribution in [2.45, 2.75) is 25.8 Å². The standard InChI is InChI=1S/C9H21NO6S/c1-8(2)3-9(4-11,5-12)10(6-13)7-17(14,15)16/h8,11-13H,3-7H2,1-2H3,(H,14,15,16)/p-1. The summed E-state index contributed by atoms with van der Waals surface area (Å²) in [7, 11) is -4.58. The molecule has 0 aromatic heterocycles. The molecular weight excluding hydrogens is 250 g/mol. The molecule has 0 aromatic carbocycles. The third-order valence-electron chi connectivity index (χ3n) is 2.53. The SMILES string of the molecule is CC(C)CC(CO)(CO)N(CO)CS(=O)(=O)[O-]. The molecule has 3 N–H and O–H groups in total. The van der Waals surface area contributed by atoms with Gasteiger partial charge in [-0.3, -0.25) is 4.90 Å². The van der Waals surface area contributed by atoms with E-state index in [1.807, 2.05) is 13.8 Å². The van der Waals surface area contributed by atoms with Crippen LogP contribution in [0.25, 0.3) is 0 Å². The highest BCUT2D eigenvalue weighted by atomic mass is 32.2. The number of hydrogen-bond acceptors (Lipinski definition) is 7. The molecule has 104 valence electrons. The highest BCUT2D eigenvalue weighted by molar-refractivity contribution is 7.85. The minimum atomic E-state index is -4.58. The molecule has 0 bridgehead atoms. The fourth-order valence-corrected chi connectivity index (χ4v) is 2.52. The minimum absolute atomic E-state index is 0.0534. The first kappa shape index (κ1) is 16.8. The first-order valence-corrected chi connectivity index (χ1v) is 6.79. The zero-order valence-electron chi connectivity index (χ0n) is 10.0. The molecule has 0 radical (unpaired) electrons. The Morgan fingerprint density at radius 3 is 1.94 bits per heavy atom. The average Bonchev–Trinajstić information content (AvgIpc) is 2.21. The van der Waals surface area contributed by atoms with Gasteiger partial charge in [0.15, 0.2) is 0 Å². The van der Waals surface area contributed by atoms with Crippen LogP contribution in [0.15, 0.2) is 0 Å². The van der Waals surface area contributed by atoms with E-state index in [1.165, 1.54) is 0 Å². The second kappa shape index (κ2) is 6.62. The van der Waals surface area contributed by atoms with Gasteiger partial charge < -0.3 is 19.9 Å². The molecular formula is C9H20NO6S-. The molecule has 0 rings (SSSR count). The predicted molar refractivity (Wildman–Crippen MR) is 59.8 cm³/mol. The van der Waals surface area contributed by atoms with Gasteiger partial charge in [-0.15, -0.1) is 0 Å². The van der Waals surface area contributed by atoms with Crippen LogP contribution in [-0.2, 0) is 10.1 Å². The highest BCUT2D eigenvalue weighted by Crippen LogP contribution is 2.24.